The highest BCUT2D eigenvalue weighted by Crippen LogP contribution is 2.37. The normalized spacial score (nSPS) is 18.7. The van der Waals surface area contributed by atoms with Gasteiger partial charge in [-0.3, -0.25) is 19.3 Å². The summed E-state index contributed by atoms with van der Waals surface area (Å²) in [6.07, 6.45) is 5.79. The molecule has 0 radical (unpaired) electrons. The Bertz CT molecular complexity index is 894. The number of amides is 3. The highest BCUT2D eigenvalue weighted by Gasteiger charge is 2.37. The van der Waals surface area contributed by atoms with Crippen LogP contribution in [0.15, 0.2) is 17.0 Å². The minimum absolute atomic E-state index is 0.00787. The van der Waals surface area contributed by atoms with Crippen LogP contribution in [0.2, 0.25) is 0 Å². The fourth-order valence-corrected chi connectivity index (χ4v) is 5.11. The molecule has 31 heavy (non-hydrogen) atoms. The molecule has 0 unspecified atom stereocenters. The summed E-state index contributed by atoms with van der Waals surface area (Å²) in [5.74, 6) is 0.598. The van der Waals surface area contributed by atoms with Gasteiger partial charge in [-0.1, -0.05) is 12.8 Å². The number of hydrogen-bond donors (Lipinski definition) is 0. The van der Waals surface area contributed by atoms with E-state index in [2.05, 4.69) is 22.6 Å². The molecule has 2 aliphatic rings. The number of likely N-dealkylation sites (tertiary alicyclic amines) is 1. The number of thioether (sulfide) groups is 1. The monoisotopic (exact) mass is 558 g/mol. The van der Waals surface area contributed by atoms with Crippen LogP contribution in [0.1, 0.15) is 45.1 Å². The first-order chi connectivity index (χ1) is 14.8. The Morgan fingerprint density at radius 1 is 1.19 bits per heavy atom. The Hall–Kier alpha value is -1.75. The molecule has 7 nitrogen and oxygen atoms in total. The van der Waals surface area contributed by atoms with Crippen LogP contribution in [0.5, 0.6) is 11.5 Å². The molecule has 0 saturated carbocycles. The van der Waals surface area contributed by atoms with E-state index < -0.39 is 11.1 Å². The molecule has 2 fully saturated rings. The van der Waals surface area contributed by atoms with Gasteiger partial charge in [-0.15, -0.1) is 0 Å². The molecule has 2 aliphatic heterocycles. The van der Waals surface area contributed by atoms with Gasteiger partial charge >= 0.3 is 0 Å². The highest BCUT2D eigenvalue weighted by molar-refractivity contribution is 14.1. The zero-order valence-electron chi connectivity index (χ0n) is 18.0. The Morgan fingerprint density at radius 3 is 2.48 bits per heavy atom. The Balaban J connectivity index is 1.76. The van der Waals surface area contributed by atoms with Gasteiger partial charge in [0.25, 0.3) is 11.1 Å². The number of rotatable bonds is 6. The first-order valence-corrected chi connectivity index (χ1v) is 12.3. The predicted octanol–water partition coefficient (Wildman–Crippen LogP) is 4.53. The van der Waals surface area contributed by atoms with Gasteiger partial charge < -0.3 is 14.4 Å². The van der Waals surface area contributed by atoms with E-state index in [4.69, 9.17) is 9.47 Å². The number of methoxy groups -OCH3 is 1. The molecule has 0 aromatic heterocycles. The van der Waals surface area contributed by atoms with Gasteiger partial charge in [0.05, 0.1) is 21.7 Å². The molecule has 3 rings (SSSR count). The molecule has 0 atom stereocenters. The van der Waals surface area contributed by atoms with Crippen molar-refractivity contribution in [2.75, 3.05) is 26.7 Å². The number of benzene rings is 1. The van der Waals surface area contributed by atoms with Crippen molar-refractivity contribution in [1.29, 1.82) is 0 Å². The van der Waals surface area contributed by atoms with Crippen LogP contribution in [0.25, 0.3) is 6.08 Å². The van der Waals surface area contributed by atoms with Crippen molar-refractivity contribution in [3.8, 4) is 11.5 Å². The van der Waals surface area contributed by atoms with Crippen molar-refractivity contribution in [2.45, 2.75) is 45.6 Å². The van der Waals surface area contributed by atoms with E-state index in [9.17, 15) is 14.4 Å². The molecule has 0 spiro atoms. The van der Waals surface area contributed by atoms with Crippen molar-refractivity contribution in [1.82, 2.24) is 9.80 Å². The number of imide groups is 1. The summed E-state index contributed by atoms with van der Waals surface area (Å²) in [4.78, 5) is 41.0. The quantitative estimate of drug-likeness (QED) is 0.378. The number of nitrogens with zero attached hydrogens (tertiary/aromatic N) is 2. The Labute approximate surface area is 200 Å². The third kappa shape index (κ3) is 5.94. The lowest BCUT2D eigenvalue weighted by molar-refractivity contribution is -0.135. The zero-order valence-corrected chi connectivity index (χ0v) is 21.0. The third-order valence-electron chi connectivity index (χ3n) is 5.03. The maximum Gasteiger partial charge on any atom is 0.294 e. The topological polar surface area (TPSA) is 76.2 Å². The van der Waals surface area contributed by atoms with Gasteiger partial charge in [0, 0.05) is 13.1 Å². The van der Waals surface area contributed by atoms with Crippen molar-refractivity contribution in [3.63, 3.8) is 0 Å². The standard InChI is InChI=1S/C22H27IN2O5S/c1-14(2)30-20-16(23)10-15(11-17(20)29-3)12-18-21(27)25(22(28)31-18)13-19(26)24-8-6-4-5-7-9-24/h10-12,14H,4-9,13H2,1-3H3. The first kappa shape index (κ1) is 23.9. The largest absolute Gasteiger partial charge is 0.493 e. The van der Waals surface area contributed by atoms with E-state index in [-0.39, 0.29) is 18.6 Å². The molecule has 0 bridgehead atoms. The molecule has 9 heteroatoms. The van der Waals surface area contributed by atoms with Crippen LogP contribution >= 0.6 is 34.4 Å². The fourth-order valence-electron chi connectivity index (χ4n) is 3.52. The van der Waals surface area contributed by atoms with Gasteiger partial charge in [-0.05, 0) is 84.8 Å². The Morgan fingerprint density at radius 2 is 1.87 bits per heavy atom. The van der Waals surface area contributed by atoms with Gasteiger partial charge in [-0.25, -0.2) is 0 Å². The van der Waals surface area contributed by atoms with Crippen LogP contribution in [-0.2, 0) is 9.59 Å². The Kier molecular flexibility index (Phi) is 8.26. The molecule has 2 heterocycles. The van der Waals surface area contributed by atoms with Gasteiger partial charge in [0.1, 0.15) is 6.54 Å². The van der Waals surface area contributed by atoms with Gasteiger partial charge in [0.2, 0.25) is 5.91 Å². The van der Waals surface area contributed by atoms with Crippen molar-refractivity contribution >= 4 is 57.5 Å². The molecule has 0 N–H and O–H groups in total. The van der Waals surface area contributed by atoms with Gasteiger partial charge in [-0.2, -0.15) is 0 Å². The summed E-state index contributed by atoms with van der Waals surface area (Å²) in [5, 5.41) is -0.416. The first-order valence-electron chi connectivity index (χ1n) is 10.4. The van der Waals surface area contributed by atoms with Crippen molar-refractivity contribution in [2.24, 2.45) is 0 Å². The lowest BCUT2D eigenvalue weighted by Gasteiger charge is -2.22. The van der Waals surface area contributed by atoms with E-state index in [1.54, 1.807) is 24.2 Å². The van der Waals surface area contributed by atoms with Crippen LogP contribution in [0.3, 0.4) is 0 Å². The number of carbonyl (C=O) groups is 3. The molecule has 168 valence electrons. The lowest BCUT2D eigenvalue weighted by Crippen LogP contribution is -2.42. The summed E-state index contributed by atoms with van der Waals surface area (Å²) in [6, 6.07) is 3.65. The maximum atomic E-state index is 12.8. The molecular weight excluding hydrogens is 531 g/mol. The van der Waals surface area contributed by atoms with Crippen LogP contribution in [0, 0.1) is 3.57 Å². The average molecular weight is 558 g/mol. The van der Waals surface area contributed by atoms with Crippen LogP contribution < -0.4 is 9.47 Å². The summed E-state index contributed by atoms with van der Waals surface area (Å²) in [7, 11) is 1.56. The van der Waals surface area contributed by atoms with Gasteiger partial charge in [0.15, 0.2) is 11.5 Å². The second kappa shape index (κ2) is 10.7. The molecule has 1 aromatic rings. The predicted molar refractivity (Wildman–Crippen MR) is 129 cm³/mol. The fraction of sp³-hybridized carbons (Fsp3) is 0.500. The molecule has 3 amide bonds. The van der Waals surface area contributed by atoms with E-state index in [1.165, 1.54) is 0 Å². The number of ether oxygens (including phenoxy) is 2. The number of carbonyl (C=O) groups excluding carboxylic acids is 3. The summed E-state index contributed by atoms with van der Waals surface area (Å²) in [6.45, 7) is 5.05. The summed E-state index contributed by atoms with van der Waals surface area (Å²) < 4.78 is 12.1. The van der Waals surface area contributed by atoms with Crippen molar-refractivity contribution < 1.29 is 23.9 Å². The maximum absolute atomic E-state index is 12.8. The van der Waals surface area contributed by atoms with E-state index in [1.807, 2.05) is 19.9 Å². The van der Waals surface area contributed by atoms with Crippen LogP contribution in [0.4, 0.5) is 4.79 Å². The lowest BCUT2D eigenvalue weighted by atomic mass is 10.1. The molecule has 2 saturated heterocycles. The van der Waals surface area contributed by atoms with Crippen molar-refractivity contribution in [3.05, 3.63) is 26.2 Å². The number of hydrogen-bond acceptors (Lipinski definition) is 6. The molecule has 1 aromatic carbocycles. The smallest absolute Gasteiger partial charge is 0.294 e. The minimum atomic E-state index is -0.436. The van der Waals surface area contributed by atoms with E-state index in [0.717, 1.165) is 51.5 Å². The van der Waals surface area contributed by atoms with E-state index in [0.29, 0.717) is 29.5 Å². The zero-order chi connectivity index (χ0) is 22.5. The number of halogens is 1. The second-order valence-electron chi connectivity index (χ2n) is 7.76. The second-order valence-corrected chi connectivity index (χ2v) is 9.92. The highest BCUT2D eigenvalue weighted by atomic mass is 127. The molecular formula is C22H27IN2O5S. The summed E-state index contributed by atoms with van der Waals surface area (Å²) >= 11 is 3.02. The minimum Gasteiger partial charge on any atom is -0.493 e. The average Bonchev–Trinajstić information content (AvgIpc) is 2.92. The third-order valence-corrected chi connectivity index (χ3v) is 6.74. The van der Waals surface area contributed by atoms with Crippen LogP contribution in [-0.4, -0.2) is 59.7 Å². The van der Waals surface area contributed by atoms with E-state index >= 15 is 0 Å². The summed E-state index contributed by atoms with van der Waals surface area (Å²) in [5.41, 5.74) is 0.724. The SMILES string of the molecule is COc1cc(C=C2SC(=O)N(CC(=O)N3CCCCCC3)C2=O)cc(I)c1OC(C)C. The molecule has 0 aliphatic carbocycles.